The van der Waals surface area contributed by atoms with Gasteiger partial charge in [-0.25, -0.2) is 0 Å². The second-order valence-electron chi connectivity index (χ2n) is 7.23. The number of rotatable bonds is 9. The van der Waals surface area contributed by atoms with Gasteiger partial charge in [-0.15, -0.1) is 0 Å². The minimum absolute atomic E-state index is 0.0248. The predicted octanol–water partition coefficient (Wildman–Crippen LogP) is 3.74. The van der Waals surface area contributed by atoms with E-state index >= 15 is 0 Å². The largest absolute Gasteiger partial charge is 0.497 e. The molecule has 5 heteroatoms. The third-order valence-electron chi connectivity index (χ3n) is 5.12. The maximum absolute atomic E-state index is 12.3. The average Bonchev–Trinajstić information content (AvgIpc) is 2.65. The van der Waals surface area contributed by atoms with Gasteiger partial charge in [0.05, 0.1) is 19.6 Å². The zero-order valence-corrected chi connectivity index (χ0v) is 16.1. The quantitative estimate of drug-likeness (QED) is 0.659. The van der Waals surface area contributed by atoms with Crippen LogP contribution in [0, 0.1) is 5.92 Å². The highest BCUT2D eigenvalue weighted by atomic mass is 16.5. The molecule has 2 rings (SSSR count). The Bertz CT molecular complexity index is 565. The summed E-state index contributed by atoms with van der Waals surface area (Å²) in [6, 6.07) is 7.13. The van der Waals surface area contributed by atoms with Gasteiger partial charge in [-0.2, -0.15) is 0 Å². The van der Waals surface area contributed by atoms with E-state index in [9.17, 15) is 9.59 Å². The number of benzene rings is 1. The van der Waals surface area contributed by atoms with E-state index in [1.54, 1.807) is 7.11 Å². The Kier molecular flexibility index (Phi) is 8.45. The summed E-state index contributed by atoms with van der Waals surface area (Å²) in [6.07, 6.45) is 9.26. The summed E-state index contributed by atoms with van der Waals surface area (Å²) in [6.45, 7) is 2.18. The molecule has 0 aromatic heterocycles. The van der Waals surface area contributed by atoms with Gasteiger partial charge in [-0.05, 0) is 36.5 Å². The summed E-state index contributed by atoms with van der Waals surface area (Å²) in [5, 5.41) is 5.87. The first-order valence-corrected chi connectivity index (χ1v) is 9.76. The second kappa shape index (κ2) is 10.8. The fourth-order valence-corrected chi connectivity index (χ4v) is 3.69. The normalized spacial score (nSPS) is 15.9. The van der Waals surface area contributed by atoms with Gasteiger partial charge in [0.1, 0.15) is 5.75 Å². The van der Waals surface area contributed by atoms with Crippen LogP contribution in [0.25, 0.3) is 0 Å². The average molecular weight is 360 g/mol. The number of nitrogens with one attached hydrogen (secondary N) is 2. The van der Waals surface area contributed by atoms with Crippen LogP contribution >= 0.6 is 0 Å². The Morgan fingerprint density at radius 2 is 1.85 bits per heavy atom. The molecule has 0 spiro atoms. The van der Waals surface area contributed by atoms with Crippen LogP contribution in [-0.2, 0) is 9.59 Å². The van der Waals surface area contributed by atoms with Crippen molar-refractivity contribution in [3.8, 4) is 5.75 Å². The maximum atomic E-state index is 12.3. The van der Waals surface area contributed by atoms with Crippen molar-refractivity contribution in [3.63, 3.8) is 0 Å². The van der Waals surface area contributed by atoms with Gasteiger partial charge in [-0.3, -0.25) is 9.59 Å². The molecule has 0 heterocycles. The minimum atomic E-state index is -0.322. The molecule has 0 bridgehead atoms. The van der Waals surface area contributed by atoms with Crippen molar-refractivity contribution in [2.45, 2.75) is 64.3 Å². The lowest BCUT2D eigenvalue weighted by atomic mass is 9.86. The Hall–Kier alpha value is -2.04. The maximum Gasteiger partial charge on any atom is 0.222 e. The molecule has 1 unspecified atom stereocenters. The Labute approximate surface area is 156 Å². The van der Waals surface area contributed by atoms with E-state index in [1.807, 2.05) is 24.3 Å². The first kappa shape index (κ1) is 20.3. The van der Waals surface area contributed by atoms with Crippen LogP contribution in [-0.4, -0.2) is 25.5 Å². The van der Waals surface area contributed by atoms with Gasteiger partial charge in [0, 0.05) is 13.5 Å². The van der Waals surface area contributed by atoms with Gasteiger partial charge in [0.2, 0.25) is 11.8 Å². The van der Waals surface area contributed by atoms with Gasteiger partial charge < -0.3 is 15.4 Å². The fraction of sp³-hybridized carbons (Fsp3) is 0.619. The van der Waals surface area contributed by atoms with E-state index < -0.39 is 0 Å². The molecule has 1 atom stereocenters. The van der Waals surface area contributed by atoms with Crippen LogP contribution in [0.5, 0.6) is 5.75 Å². The number of hydrogen-bond acceptors (Lipinski definition) is 3. The van der Waals surface area contributed by atoms with Crippen molar-refractivity contribution in [1.82, 2.24) is 10.6 Å². The number of hydrogen-bond donors (Lipinski definition) is 2. The number of carbonyl (C=O) groups excluding carboxylic acids is 2. The predicted molar refractivity (Wildman–Crippen MR) is 103 cm³/mol. The summed E-state index contributed by atoms with van der Waals surface area (Å²) in [7, 11) is 1.61. The smallest absolute Gasteiger partial charge is 0.222 e. The SMILES string of the molecule is COc1ccc(C(CC(=O)NCCCC2CCCCC2)NC(C)=O)cc1. The highest BCUT2D eigenvalue weighted by Gasteiger charge is 2.17. The molecular weight excluding hydrogens is 328 g/mol. The van der Waals surface area contributed by atoms with Crippen molar-refractivity contribution in [3.05, 3.63) is 29.8 Å². The Morgan fingerprint density at radius 3 is 2.46 bits per heavy atom. The van der Waals surface area contributed by atoms with Crippen molar-refractivity contribution >= 4 is 11.8 Å². The topological polar surface area (TPSA) is 67.4 Å². The molecule has 1 aromatic carbocycles. The molecule has 2 amide bonds. The van der Waals surface area contributed by atoms with Crippen molar-refractivity contribution in [2.75, 3.05) is 13.7 Å². The molecule has 0 radical (unpaired) electrons. The Balaban J connectivity index is 1.78. The molecule has 0 saturated heterocycles. The first-order chi connectivity index (χ1) is 12.6. The third kappa shape index (κ3) is 7.06. The molecule has 1 aliphatic carbocycles. The lowest BCUT2D eigenvalue weighted by Gasteiger charge is -2.21. The molecular formula is C21H32N2O3. The van der Waals surface area contributed by atoms with Gasteiger partial charge >= 0.3 is 0 Å². The van der Waals surface area contributed by atoms with E-state index in [2.05, 4.69) is 10.6 Å². The molecule has 26 heavy (non-hydrogen) atoms. The van der Waals surface area contributed by atoms with Crippen LogP contribution in [0.3, 0.4) is 0 Å². The van der Waals surface area contributed by atoms with E-state index in [1.165, 1.54) is 45.4 Å². The Morgan fingerprint density at radius 1 is 1.15 bits per heavy atom. The number of ether oxygens (including phenoxy) is 1. The molecule has 5 nitrogen and oxygen atoms in total. The molecule has 1 aromatic rings. The molecule has 1 aliphatic rings. The third-order valence-corrected chi connectivity index (χ3v) is 5.12. The summed E-state index contributed by atoms with van der Waals surface area (Å²) >= 11 is 0. The number of methoxy groups -OCH3 is 1. The summed E-state index contributed by atoms with van der Waals surface area (Å²) in [4.78, 5) is 23.8. The van der Waals surface area contributed by atoms with Gasteiger partial charge in [-0.1, -0.05) is 44.2 Å². The molecule has 2 N–H and O–H groups in total. The van der Waals surface area contributed by atoms with Crippen LogP contribution in [0.15, 0.2) is 24.3 Å². The van der Waals surface area contributed by atoms with Crippen LogP contribution in [0.2, 0.25) is 0 Å². The van der Waals surface area contributed by atoms with Crippen molar-refractivity contribution in [1.29, 1.82) is 0 Å². The molecule has 144 valence electrons. The zero-order valence-electron chi connectivity index (χ0n) is 16.1. The summed E-state index contributed by atoms with van der Waals surface area (Å²) < 4.78 is 5.16. The monoisotopic (exact) mass is 360 g/mol. The van der Waals surface area contributed by atoms with Gasteiger partial charge in [0.25, 0.3) is 0 Å². The lowest BCUT2D eigenvalue weighted by Crippen LogP contribution is -2.33. The van der Waals surface area contributed by atoms with E-state index in [4.69, 9.17) is 4.74 Å². The summed E-state index contributed by atoms with van der Waals surface area (Å²) in [5.41, 5.74) is 0.901. The highest BCUT2D eigenvalue weighted by molar-refractivity contribution is 5.79. The van der Waals surface area contributed by atoms with Gasteiger partial charge in [0.15, 0.2) is 0 Å². The van der Waals surface area contributed by atoms with Crippen LogP contribution in [0.4, 0.5) is 0 Å². The fourth-order valence-electron chi connectivity index (χ4n) is 3.69. The van der Waals surface area contributed by atoms with E-state index in [0.717, 1.165) is 23.7 Å². The lowest BCUT2D eigenvalue weighted by molar-refractivity contribution is -0.122. The molecule has 1 saturated carbocycles. The standard InChI is InChI=1S/C21H32N2O3/c1-16(24)23-20(18-10-12-19(26-2)13-11-18)15-21(25)22-14-6-9-17-7-4-3-5-8-17/h10-13,17,20H,3-9,14-15H2,1-2H3,(H,22,25)(H,23,24). The van der Waals surface area contributed by atoms with E-state index in [-0.39, 0.29) is 24.3 Å². The second-order valence-corrected chi connectivity index (χ2v) is 7.23. The number of amides is 2. The minimum Gasteiger partial charge on any atom is -0.497 e. The van der Waals surface area contributed by atoms with E-state index in [0.29, 0.717) is 6.54 Å². The molecule has 1 fully saturated rings. The number of carbonyl (C=O) groups is 2. The molecule has 0 aliphatic heterocycles. The van der Waals surface area contributed by atoms with Crippen molar-refractivity contribution < 1.29 is 14.3 Å². The first-order valence-electron chi connectivity index (χ1n) is 9.76. The highest BCUT2D eigenvalue weighted by Crippen LogP contribution is 2.27. The van der Waals surface area contributed by atoms with Crippen LogP contribution in [0.1, 0.15) is 69.9 Å². The van der Waals surface area contributed by atoms with Crippen molar-refractivity contribution in [2.24, 2.45) is 5.92 Å². The summed E-state index contributed by atoms with van der Waals surface area (Å²) in [5.74, 6) is 1.42. The zero-order chi connectivity index (χ0) is 18.8. The van der Waals surface area contributed by atoms with Crippen LogP contribution < -0.4 is 15.4 Å².